The molecule has 23 heavy (non-hydrogen) atoms. The lowest BCUT2D eigenvalue weighted by atomic mass is 10.1. The molecule has 0 unspecified atom stereocenters. The molecule has 2 aromatic heterocycles. The van der Waals surface area contributed by atoms with Gasteiger partial charge in [-0.1, -0.05) is 19.9 Å². The Morgan fingerprint density at radius 3 is 2.74 bits per heavy atom. The van der Waals surface area contributed by atoms with Crippen molar-refractivity contribution in [3.05, 3.63) is 59.4 Å². The lowest BCUT2D eigenvalue weighted by Crippen LogP contribution is -1.87. The number of hydrogen-bond donors (Lipinski definition) is 0. The predicted molar refractivity (Wildman–Crippen MR) is 89.4 cm³/mol. The molecule has 1 aromatic carbocycles. The highest BCUT2D eigenvalue weighted by molar-refractivity contribution is 5.54. The van der Waals surface area contributed by atoms with E-state index in [1.54, 1.807) is 18.2 Å². The van der Waals surface area contributed by atoms with Gasteiger partial charge in [0, 0.05) is 6.20 Å². The highest BCUT2D eigenvalue weighted by Gasteiger charge is 2.15. The highest BCUT2D eigenvalue weighted by atomic mass is 15.2. The van der Waals surface area contributed by atoms with Gasteiger partial charge in [0.25, 0.3) is 0 Å². The van der Waals surface area contributed by atoms with Gasteiger partial charge in [0.05, 0.1) is 23.0 Å². The SMILES string of the molecule is Cc1ccn2c(N=Nc3cccc(C#N)c3)c(C(C)C)nc2c1. The summed E-state index contributed by atoms with van der Waals surface area (Å²) in [4.78, 5) is 4.68. The molecule has 0 N–H and O–H groups in total. The van der Waals surface area contributed by atoms with Crippen molar-refractivity contribution < 1.29 is 0 Å². The maximum atomic E-state index is 8.96. The van der Waals surface area contributed by atoms with Crippen molar-refractivity contribution in [2.45, 2.75) is 26.7 Å². The minimum absolute atomic E-state index is 0.245. The molecule has 0 aliphatic carbocycles. The van der Waals surface area contributed by atoms with Crippen LogP contribution in [0.4, 0.5) is 11.5 Å². The number of pyridine rings is 1. The minimum Gasteiger partial charge on any atom is -0.283 e. The van der Waals surface area contributed by atoms with E-state index in [9.17, 15) is 0 Å². The van der Waals surface area contributed by atoms with Crippen LogP contribution in [-0.2, 0) is 0 Å². The number of hydrogen-bond acceptors (Lipinski definition) is 4. The third kappa shape index (κ3) is 2.97. The number of aromatic nitrogens is 2. The first kappa shape index (κ1) is 14.9. The highest BCUT2D eigenvalue weighted by Crippen LogP contribution is 2.29. The molecule has 0 fully saturated rings. The van der Waals surface area contributed by atoms with E-state index in [0.717, 1.165) is 22.7 Å². The van der Waals surface area contributed by atoms with Crippen LogP contribution in [-0.4, -0.2) is 9.38 Å². The number of fused-ring (bicyclic) bond motifs is 1. The number of rotatable bonds is 3. The van der Waals surface area contributed by atoms with Gasteiger partial charge in [-0.3, -0.25) is 4.40 Å². The summed E-state index contributed by atoms with van der Waals surface area (Å²) >= 11 is 0. The number of nitriles is 1. The summed E-state index contributed by atoms with van der Waals surface area (Å²) in [7, 11) is 0. The van der Waals surface area contributed by atoms with Crippen molar-refractivity contribution in [2.75, 3.05) is 0 Å². The Morgan fingerprint density at radius 2 is 2.00 bits per heavy atom. The number of aryl methyl sites for hydroxylation is 1. The number of benzene rings is 1. The molecule has 0 radical (unpaired) electrons. The first-order valence-corrected chi connectivity index (χ1v) is 7.49. The minimum atomic E-state index is 0.245. The lowest BCUT2D eigenvalue weighted by Gasteiger charge is -2.01. The second kappa shape index (κ2) is 6.01. The van der Waals surface area contributed by atoms with E-state index in [1.807, 2.05) is 35.7 Å². The van der Waals surface area contributed by atoms with Crippen LogP contribution in [0.25, 0.3) is 5.65 Å². The second-order valence-electron chi connectivity index (χ2n) is 5.77. The Hall–Kier alpha value is -3.00. The number of imidazole rings is 1. The van der Waals surface area contributed by atoms with Crippen LogP contribution in [0.5, 0.6) is 0 Å². The summed E-state index contributed by atoms with van der Waals surface area (Å²) in [5.74, 6) is 0.979. The van der Waals surface area contributed by atoms with Gasteiger partial charge >= 0.3 is 0 Å². The maximum Gasteiger partial charge on any atom is 0.183 e. The first-order valence-electron chi connectivity index (χ1n) is 7.49. The molecule has 114 valence electrons. The van der Waals surface area contributed by atoms with Gasteiger partial charge in [-0.25, -0.2) is 4.98 Å². The monoisotopic (exact) mass is 303 g/mol. The van der Waals surface area contributed by atoms with Crippen LogP contribution in [0, 0.1) is 18.3 Å². The van der Waals surface area contributed by atoms with Crippen LogP contribution in [0.1, 0.15) is 36.6 Å². The molecule has 3 rings (SSSR count). The van der Waals surface area contributed by atoms with Gasteiger partial charge in [-0.2, -0.15) is 5.26 Å². The molecular weight excluding hydrogens is 286 g/mol. The fraction of sp³-hybridized carbons (Fsp3) is 0.222. The van der Waals surface area contributed by atoms with Crippen molar-refractivity contribution in [1.29, 1.82) is 5.26 Å². The summed E-state index contributed by atoms with van der Waals surface area (Å²) in [5.41, 5.74) is 4.16. The largest absolute Gasteiger partial charge is 0.283 e. The van der Waals surface area contributed by atoms with Crippen molar-refractivity contribution in [1.82, 2.24) is 9.38 Å². The topological polar surface area (TPSA) is 65.8 Å². The molecule has 0 spiro atoms. The van der Waals surface area contributed by atoms with Crippen molar-refractivity contribution in [2.24, 2.45) is 10.2 Å². The van der Waals surface area contributed by atoms with E-state index in [0.29, 0.717) is 11.3 Å². The van der Waals surface area contributed by atoms with E-state index < -0.39 is 0 Å². The average Bonchev–Trinajstić information content (AvgIpc) is 2.91. The van der Waals surface area contributed by atoms with Crippen LogP contribution in [0.15, 0.2) is 52.8 Å². The van der Waals surface area contributed by atoms with Gasteiger partial charge in [-0.05, 0) is 48.7 Å². The molecule has 0 bridgehead atoms. The van der Waals surface area contributed by atoms with Crippen molar-refractivity contribution in [3.8, 4) is 6.07 Å². The van der Waals surface area contributed by atoms with Crippen molar-refractivity contribution >= 4 is 17.2 Å². The molecule has 0 atom stereocenters. The van der Waals surface area contributed by atoms with Crippen molar-refractivity contribution in [3.63, 3.8) is 0 Å². The zero-order valence-electron chi connectivity index (χ0n) is 13.4. The summed E-state index contributed by atoms with van der Waals surface area (Å²) in [6.07, 6.45) is 1.96. The van der Waals surface area contributed by atoms with Crippen LogP contribution in [0.2, 0.25) is 0 Å². The fourth-order valence-electron chi connectivity index (χ4n) is 2.38. The maximum absolute atomic E-state index is 8.96. The van der Waals surface area contributed by atoms with E-state index in [2.05, 4.69) is 35.1 Å². The van der Waals surface area contributed by atoms with E-state index >= 15 is 0 Å². The Morgan fingerprint density at radius 1 is 1.17 bits per heavy atom. The van der Waals surface area contributed by atoms with E-state index in [-0.39, 0.29) is 5.92 Å². The zero-order valence-corrected chi connectivity index (χ0v) is 13.4. The molecule has 0 amide bonds. The van der Waals surface area contributed by atoms with Gasteiger partial charge in [0.15, 0.2) is 5.82 Å². The van der Waals surface area contributed by atoms with Crippen LogP contribution < -0.4 is 0 Å². The molecule has 2 heterocycles. The number of azo groups is 1. The lowest BCUT2D eigenvalue weighted by molar-refractivity contribution is 0.831. The third-order valence-corrected chi connectivity index (χ3v) is 3.56. The van der Waals surface area contributed by atoms with Crippen LogP contribution >= 0.6 is 0 Å². The van der Waals surface area contributed by atoms with Gasteiger partial charge in [-0.15, -0.1) is 10.2 Å². The van der Waals surface area contributed by atoms with Gasteiger partial charge in [0.2, 0.25) is 0 Å². The summed E-state index contributed by atoms with van der Waals surface area (Å²) < 4.78 is 1.94. The number of nitrogens with zero attached hydrogens (tertiary/aromatic N) is 5. The second-order valence-corrected chi connectivity index (χ2v) is 5.77. The summed E-state index contributed by atoms with van der Waals surface area (Å²) in [5, 5.41) is 17.7. The molecule has 0 aliphatic heterocycles. The Bertz CT molecular complexity index is 928. The summed E-state index contributed by atoms with van der Waals surface area (Å²) in [6, 6.07) is 13.2. The third-order valence-electron chi connectivity index (χ3n) is 3.56. The quantitative estimate of drug-likeness (QED) is 0.635. The molecular formula is C18H17N5. The molecule has 3 aromatic rings. The Labute approximate surface area is 134 Å². The van der Waals surface area contributed by atoms with Gasteiger partial charge in [0.1, 0.15) is 5.65 Å². The molecule has 5 heteroatoms. The molecule has 5 nitrogen and oxygen atoms in total. The zero-order chi connectivity index (χ0) is 16.4. The average molecular weight is 303 g/mol. The smallest absolute Gasteiger partial charge is 0.183 e. The molecule has 0 aliphatic rings. The first-order chi connectivity index (χ1) is 11.1. The molecule has 0 saturated heterocycles. The van der Waals surface area contributed by atoms with E-state index in [1.165, 1.54) is 0 Å². The Kier molecular flexibility index (Phi) is 3.90. The molecule has 0 saturated carbocycles. The predicted octanol–water partition coefficient (Wildman–Crippen LogP) is 5.05. The summed E-state index contributed by atoms with van der Waals surface area (Å²) in [6.45, 7) is 6.21. The van der Waals surface area contributed by atoms with Crippen LogP contribution in [0.3, 0.4) is 0 Å². The fourth-order valence-corrected chi connectivity index (χ4v) is 2.38. The van der Waals surface area contributed by atoms with Gasteiger partial charge < -0.3 is 0 Å². The Balaban J connectivity index is 2.09. The normalized spacial score (nSPS) is 11.4. The van der Waals surface area contributed by atoms with E-state index in [4.69, 9.17) is 5.26 Å². The standard InChI is InChI=1S/C18H17N5/c1-12(2)17-18(23-8-7-13(3)9-16(23)20-17)22-21-15-6-4-5-14(10-15)11-19/h4-10,12H,1-3H3.